The predicted octanol–water partition coefficient (Wildman–Crippen LogP) is 2.97. The van der Waals surface area contributed by atoms with E-state index in [1.54, 1.807) is 29.0 Å². The van der Waals surface area contributed by atoms with E-state index in [4.69, 9.17) is 4.74 Å². The van der Waals surface area contributed by atoms with Crippen molar-refractivity contribution in [2.45, 2.75) is 26.4 Å². The van der Waals surface area contributed by atoms with E-state index in [9.17, 15) is 4.79 Å². The molecular weight excluding hydrogens is 230 g/mol. The van der Waals surface area contributed by atoms with Crippen molar-refractivity contribution in [3.8, 4) is 0 Å². The van der Waals surface area contributed by atoms with Crippen LogP contribution in [0.4, 0.5) is 10.6 Å². The van der Waals surface area contributed by atoms with Gasteiger partial charge in [-0.2, -0.15) is 0 Å². The highest BCUT2D eigenvalue weighted by molar-refractivity contribution is 5.83. The number of aryl methyl sites for hydroxylation is 1. The fourth-order valence-corrected chi connectivity index (χ4v) is 1.26. The Kier molecular flexibility index (Phi) is 4.31. The average Bonchev–Trinajstić information content (AvgIpc) is 2.52. The summed E-state index contributed by atoms with van der Waals surface area (Å²) in [5.41, 5.74) is -0.523. The van der Waals surface area contributed by atoms with Crippen molar-refractivity contribution >= 4 is 18.0 Å². The normalized spacial score (nSPS) is 11.6. The van der Waals surface area contributed by atoms with Crippen molar-refractivity contribution in [2.24, 2.45) is 7.05 Å². The molecule has 0 unspecified atom stereocenters. The largest absolute Gasteiger partial charge is 0.444 e. The van der Waals surface area contributed by atoms with Crippen LogP contribution in [0.5, 0.6) is 0 Å². The molecule has 18 heavy (non-hydrogen) atoms. The minimum Gasteiger partial charge on any atom is -0.444 e. The number of imidazole rings is 1. The molecular formula is C13H19N3O2. The molecule has 1 heterocycles. The third-order valence-corrected chi connectivity index (χ3v) is 1.92. The zero-order chi connectivity index (χ0) is 13.8. The lowest BCUT2D eigenvalue weighted by atomic mass is 10.2. The molecule has 1 rings (SSSR count). The van der Waals surface area contributed by atoms with Gasteiger partial charge in [-0.15, -0.1) is 0 Å². The van der Waals surface area contributed by atoms with Gasteiger partial charge in [0.25, 0.3) is 0 Å². The summed E-state index contributed by atoms with van der Waals surface area (Å²) >= 11 is 0. The Morgan fingerprint density at radius 1 is 1.56 bits per heavy atom. The number of carbonyl (C=O) groups excluding carboxylic acids is 1. The van der Waals surface area contributed by atoms with Crippen LogP contribution in [0.25, 0.3) is 6.08 Å². The highest BCUT2D eigenvalue weighted by Crippen LogP contribution is 2.12. The van der Waals surface area contributed by atoms with Gasteiger partial charge in [-0.25, -0.2) is 9.78 Å². The fourth-order valence-electron chi connectivity index (χ4n) is 1.26. The Balaban J connectivity index is 2.71. The first kappa shape index (κ1) is 14.0. The van der Waals surface area contributed by atoms with E-state index in [0.717, 1.165) is 5.82 Å². The maximum Gasteiger partial charge on any atom is 0.413 e. The van der Waals surface area contributed by atoms with Gasteiger partial charge in [0.2, 0.25) is 0 Å². The number of anilines is 1. The van der Waals surface area contributed by atoms with Crippen LogP contribution in [0.15, 0.2) is 24.9 Å². The zero-order valence-electron chi connectivity index (χ0n) is 11.2. The summed E-state index contributed by atoms with van der Waals surface area (Å²) in [5.74, 6) is 1.18. The number of carbonyl (C=O) groups is 1. The van der Waals surface area contributed by atoms with Gasteiger partial charge in [-0.1, -0.05) is 18.7 Å². The van der Waals surface area contributed by atoms with Gasteiger partial charge in [-0.05, 0) is 26.8 Å². The molecule has 1 aromatic heterocycles. The number of hydrogen-bond acceptors (Lipinski definition) is 3. The highest BCUT2D eigenvalue weighted by atomic mass is 16.6. The molecule has 5 heteroatoms. The SMILES string of the molecule is C=C/C=C\c1nc(NC(=O)OC(C)(C)C)cn1C. The van der Waals surface area contributed by atoms with E-state index in [1.807, 2.05) is 27.8 Å². The summed E-state index contributed by atoms with van der Waals surface area (Å²) in [5, 5.41) is 2.58. The summed E-state index contributed by atoms with van der Waals surface area (Å²) in [4.78, 5) is 15.8. The summed E-state index contributed by atoms with van der Waals surface area (Å²) < 4.78 is 6.94. The molecule has 0 radical (unpaired) electrons. The first-order valence-electron chi connectivity index (χ1n) is 5.64. The van der Waals surface area contributed by atoms with Crippen LogP contribution >= 0.6 is 0 Å². The third-order valence-electron chi connectivity index (χ3n) is 1.92. The molecule has 0 spiro atoms. The second-order valence-corrected chi connectivity index (χ2v) is 4.82. The molecule has 0 saturated heterocycles. The minimum atomic E-state index is -0.523. The molecule has 1 aromatic rings. The van der Waals surface area contributed by atoms with Crippen molar-refractivity contribution in [2.75, 3.05) is 5.32 Å². The number of rotatable bonds is 3. The average molecular weight is 249 g/mol. The molecule has 0 saturated carbocycles. The maximum absolute atomic E-state index is 11.5. The van der Waals surface area contributed by atoms with Gasteiger partial charge in [0.15, 0.2) is 5.82 Å². The Labute approximate surface area is 107 Å². The number of aromatic nitrogens is 2. The number of allylic oxidation sites excluding steroid dienone is 2. The molecule has 5 nitrogen and oxygen atoms in total. The summed E-state index contributed by atoms with van der Waals surface area (Å²) in [6, 6.07) is 0. The Hall–Kier alpha value is -2.04. The second-order valence-electron chi connectivity index (χ2n) is 4.82. The van der Waals surface area contributed by atoms with Gasteiger partial charge in [-0.3, -0.25) is 5.32 Å². The van der Waals surface area contributed by atoms with Crippen molar-refractivity contribution in [3.63, 3.8) is 0 Å². The number of nitrogens with zero attached hydrogens (tertiary/aromatic N) is 2. The van der Waals surface area contributed by atoms with E-state index in [1.165, 1.54) is 0 Å². The third kappa shape index (κ3) is 4.45. The molecule has 98 valence electrons. The lowest BCUT2D eigenvalue weighted by Gasteiger charge is -2.18. The van der Waals surface area contributed by atoms with Crippen LogP contribution in [0.3, 0.4) is 0 Å². The molecule has 0 aromatic carbocycles. The van der Waals surface area contributed by atoms with Crippen molar-refractivity contribution < 1.29 is 9.53 Å². The first-order chi connectivity index (χ1) is 8.31. The summed E-state index contributed by atoms with van der Waals surface area (Å²) in [7, 11) is 1.84. The fraction of sp³-hybridized carbons (Fsp3) is 0.385. The quantitative estimate of drug-likeness (QED) is 0.838. The van der Waals surface area contributed by atoms with E-state index in [-0.39, 0.29) is 0 Å². The van der Waals surface area contributed by atoms with Crippen LogP contribution < -0.4 is 5.32 Å². The smallest absolute Gasteiger partial charge is 0.413 e. The van der Waals surface area contributed by atoms with Gasteiger partial charge in [0.05, 0.1) is 0 Å². The topological polar surface area (TPSA) is 56.1 Å². The Morgan fingerprint density at radius 3 is 2.78 bits per heavy atom. The lowest BCUT2D eigenvalue weighted by Crippen LogP contribution is -2.27. The molecule has 1 amide bonds. The van der Waals surface area contributed by atoms with Crippen molar-refractivity contribution in [1.82, 2.24) is 9.55 Å². The van der Waals surface area contributed by atoms with E-state index in [2.05, 4.69) is 16.9 Å². The van der Waals surface area contributed by atoms with E-state index in [0.29, 0.717) is 5.82 Å². The molecule has 0 aliphatic heterocycles. The van der Waals surface area contributed by atoms with Gasteiger partial charge < -0.3 is 9.30 Å². The monoisotopic (exact) mass is 249 g/mol. The van der Waals surface area contributed by atoms with Crippen LogP contribution in [0.1, 0.15) is 26.6 Å². The van der Waals surface area contributed by atoms with Crippen LogP contribution in [0, 0.1) is 0 Å². The molecule has 0 fully saturated rings. The number of hydrogen-bond donors (Lipinski definition) is 1. The second kappa shape index (κ2) is 5.53. The summed E-state index contributed by atoms with van der Waals surface area (Å²) in [6.45, 7) is 9.01. The van der Waals surface area contributed by atoms with Crippen molar-refractivity contribution in [1.29, 1.82) is 0 Å². The van der Waals surface area contributed by atoms with E-state index >= 15 is 0 Å². The maximum atomic E-state index is 11.5. The summed E-state index contributed by atoms with van der Waals surface area (Å²) in [6.07, 6.45) is 6.44. The molecule has 1 N–H and O–H groups in total. The molecule has 0 aliphatic carbocycles. The van der Waals surface area contributed by atoms with Crippen LogP contribution in [-0.2, 0) is 11.8 Å². The van der Waals surface area contributed by atoms with Gasteiger partial charge >= 0.3 is 6.09 Å². The molecule has 0 bridgehead atoms. The first-order valence-corrected chi connectivity index (χ1v) is 5.64. The molecule has 0 aliphatic rings. The lowest BCUT2D eigenvalue weighted by molar-refractivity contribution is 0.0635. The molecule has 0 atom stereocenters. The van der Waals surface area contributed by atoms with Crippen LogP contribution in [0.2, 0.25) is 0 Å². The van der Waals surface area contributed by atoms with Gasteiger partial charge in [0.1, 0.15) is 11.4 Å². The van der Waals surface area contributed by atoms with Crippen molar-refractivity contribution in [3.05, 3.63) is 30.8 Å². The number of amides is 1. The Bertz CT molecular complexity index is 467. The minimum absolute atomic E-state index is 0.454. The predicted molar refractivity (Wildman–Crippen MR) is 72.3 cm³/mol. The standard InChI is InChI=1S/C13H19N3O2/c1-6-7-8-11-14-10(9-16(11)5)15-12(17)18-13(2,3)4/h6-9H,1H2,2-5H3,(H,15,17)/b8-7-. The number of nitrogens with one attached hydrogen (secondary N) is 1. The highest BCUT2D eigenvalue weighted by Gasteiger charge is 2.17. The van der Waals surface area contributed by atoms with Crippen LogP contribution in [-0.4, -0.2) is 21.2 Å². The Morgan fingerprint density at radius 2 is 2.22 bits per heavy atom. The zero-order valence-corrected chi connectivity index (χ0v) is 11.2. The van der Waals surface area contributed by atoms with E-state index < -0.39 is 11.7 Å². The van der Waals surface area contributed by atoms with Gasteiger partial charge in [0, 0.05) is 13.2 Å². The number of ether oxygens (including phenoxy) is 1.